The van der Waals surface area contributed by atoms with E-state index in [-0.39, 0.29) is 24.5 Å². The van der Waals surface area contributed by atoms with Crippen molar-refractivity contribution in [1.82, 2.24) is 15.6 Å². The number of rotatable bonds is 8. The zero-order valence-corrected chi connectivity index (χ0v) is 16.4. The molecular formula is C23H25N3O3. The van der Waals surface area contributed by atoms with Crippen LogP contribution in [0.4, 0.5) is 0 Å². The van der Waals surface area contributed by atoms with Crippen LogP contribution in [0, 0.1) is 6.92 Å². The van der Waals surface area contributed by atoms with Gasteiger partial charge >= 0.3 is 0 Å². The first-order valence-corrected chi connectivity index (χ1v) is 9.92. The Morgan fingerprint density at radius 2 is 1.90 bits per heavy atom. The monoisotopic (exact) mass is 391 g/mol. The SMILES string of the molecule is Cc1ccc(OCC(=O)N[C@@H](Cc2c[nH]c3ccccc23)C(=O)NC2CC2)cc1. The van der Waals surface area contributed by atoms with Crippen LogP contribution >= 0.6 is 0 Å². The smallest absolute Gasteiger partial charge is 0.258 e. The quantitative estimate of drug-likeness (QED) is 0.552. The predicted molar refractivity (Wildman–Crippen MR) is 112 cm³/mol. The van der Waals surface area contributed by atoms with Crippen molar-refractivity contribution < 1.29 is 14.3 Å². The van der Waals surface area contributed by atoms with Crippen LogP contribution in [0.25, 0.3) is 10.9 Å². The summed E-state index contributed by atoms with van der Waals surface area (Å²) < 4.78 is 5.55. The summed E-state index contributed by atoms with van der Waals surface area (Å²) in [4.78, 5) is 28.4. The number of hydrogen-bond donors (Lipinski definition) is 3. The molecule has 29 heavy (non-hydrogen) atoms. The van der Waals surface area contributed by atoms with Crippen molar-refractivity contribution in [2.75, 3.05) is 6.61 Å². The van der Waals surface area contributed by atoms with Gasteiger partial charge in [0.05, 0.1) is 0 Å². The second-order valence-corrected chi connectivity index (χ2v) is 7.57. The average molecular weight is 391 g/mol. The molecule has 2 aromatic carbocycles. The third kappa shape index (κ3) is 4.96. The van der Waals surface area contributed by atoms with Crippen molar-refractivity contribution in [3.63, 3.8) is 0 Å². The Balaban J connectivity index is 1.42. The fourth-order valence-corrected chi connectivity index (χ4v) is 3.28. The van der Waals surface area contributed by atoms with Crippen LogP contribution in [0.2, 0.25) is 0 Å². The van der Waals surface area contributed by atoms with Crippen LogP contribution < -0.4 is 15.4 Å². The van der Waals surface area contributed by atoms with Gasteiger partial charge in [-0.25, -0.2) is 0 Å². The highest BCUT2D eigenvalue weighted by molar-refractivity contribution is 5.90. The lowest BCUT2D eigenvalue weighted by Gasteiger charge is -2.18. The minimum Gasteiger partial charge on any atom is -0.484 e. The first kappa shape index (κ1) is 19.1. The van der Waals surface area contributed by atoms with Gasteiger partial charge in [0.1, 0.15) is 11.8 Å². The van der Waals surface area contributed by atoms with Gasteiger partial charge in [-0.1, -0.05) is 35.9 Å². The topological polar surface area (TPSA) is 83.2 Å². The molecule has 150 valence electrons. The van der Waals surface area contributed by atoms with Crippen LogP contribution in [0.5, 0.6) is 5.75 Å². The Hall–Kier alpha value is -3.28. The largest absolute Gasteiger partial charge is 0.484 e. The van der Waals surface area contributed by atoms with E-state index < -0.39 is 6.04 Å². The summed E-state index contributed by atoms with van der Waals surface area (Å²) in [6.07, 6.45) is 4.31. The normalized spacial score (nSPS) is 14.4. The van der Waals surface area contributed by atoms with Gasteiger partial charge in [-0.05, 0) is 43.5 Å². The third-order valence-electron chi connectivity index (χ3n) is 5.07. The van der Waals surface area contributed by atoms with E-state index in [1.54, 1.807) is 0 Å². The maximum atomic E-state index is 12.7. The van der Waals surface area contributed by atoms with Crippen LogP contribution in [0.15, 0.2) is 54.7 Å². The fraction of sp³-hybridized carbons (Fsp3) is 0.304. The summed E-state index contributed by atoms with van der Waals surface area (Å²) in [6, 6.07) is 15.0. The minimum absolute atomic E-state index is 0.135. The summed E-state index contributed by atoms with van der Waals surface area (Å²) >= 11 is 0. The number of nitrogens with one attached hydrogen (secondary N) is 3. The van der Waals surface area contributed by atoms with Crippen molar-refractivity contribution in [1.29, 1.82) is 0 Å². The van der Waals surface area contributed by atoms with Crippen LogP contribution in [0.3, 0.4) is 0 Å². The number of hydrogen-bond acceptors (Lipinski definition) is 3. The lowest BCUT2D eigenvalue weighted by Crippen LogP contribution is -2.49. The number of ether oxygens (including phenoxy) is 1. The summed E-state index contributed by atoms with van der Waals surface area (Å²) in [7, 11) is 0. The fourth-order valence-electron chi connectivity index (χ4n) is 3.28. The van der Waals surface area contributed by atoms with Crippen molar-refractivity contribution in [3.05, 3.63) is 65.9 Å². The highest BCUT2D eigenvalue weighted by Gasteiger charge is 2.29. The number of para-hydroxylation sites is 1. The first-order valence-electron chi connectivity index (χ1n) is 9.92. The highest BCUT2D eigenvalue weighted by atomic mass is 16.5. The number of carbonyl (C=O) groups excluding carboxylic acids is 2. The van der Waals surface area contributed by atoms with Crippen molar-refractivity contribution in [2.45, 2.75) is 38.3 Å². The molecule has 1 aliphatic rings. The molecule has 0 aliphatic heterocycles. The molecular weight excluding hydrogens is 366 g/mol. The van der Waals surface area contributed by atoms with E-state index in [9.17, 15) is 9.59 Å². The second-order valence-electron chi connectivity index (χ2n) is 7.57. The highest BCUT2D eigenvalue weighted by Crippen LogP contribution is 2.21. The van der Waals surface area contributed by atoms with Crippen LogP contribution in [-0.4, -0.2) is 35.5 Å². The number of aryl methyl sites for hydroxylation is 1. The number of fused-ring (bicyclic) bond motifs is 1. The summed E-state index contributed by atoms with van der Waals surface area (Å²) in [5.74, 6) is 0.157. The van der Waals surface area contributed by atoms with Crippen molar-refractivity contribution >= 4 is 22.7 Å². The van der Waals surface area contributed by atoms with Gasteiger partial charge in [0.15, 0.2) is 6.61 Å². The van der Waals surface area contributed by atoms with Gasteiger partial charge in [0.25, 0.3) is 5.91 Å². The number of amides is 2. The third-order valence-corrected chi connectivity index (χ3v) is 5.07. The molecule has 1 aromatic heterocycles. The van der Waals surface area contributed by atoms with Gasteiger partial charge in [-0.15, -0.1) is 0 Å². The van der Waals surface area contributed by atoms with Gasteiger partial charge in [-0.2, -0.15) is 0 Å². The molecule has 1 aliphatic carbocycles. The average Bonchev–Trinajstić information content (AvgIpc) is 3.45. The molecule has 3 aromatic rings. The molecule has 1 saturated carbocycles. The molecule has 0 saturated heterocycles. The molecule has 0 radical (unpaired) electrons. The van der Waals surface area contributed by atoms with E-state index in [0.29, 0.717) is 12.2 Å². The number of H-pyrrole nitrogens is 1. The molecule has 3 N–H and O–H groups in total. The lowest BCUT2D eigenvalue weighted by atomic mass is 10.0. The zero-order chi connectivity index (χ0) is 20.2. The maximum Gasteiger partial charge on any atom is 0.258 e. The Kier molecular flexibility index (Phi) is 5.51. The molecule has 0 spiro atoms. The van der Waals surface area contributed by atoms with Crippen molar-refractivity contribution in [3.8, 4) is 5.75 Å². The molecule has 0 bridgehead atoms. The summed E-state index contributed by atoms with van der Waals surface area (Å²) in [5.41, 5.74) is 3.13. The predicted octanol–water partition coefficient (Wildman–Crippen LogP) is 2.86. The Morgan fingerprint density at radius 3 is 2.66 bits per heavy atom. The van der Waals surface area contributed by atoms with Crippen molar-refractivity contribution in [2.24, 2.45) is 0 Å². The second kappa shape index (κ2) is 8.39. The summed E-state index contributed by atoms with van der Waals surface area (Å²) in [5, 5.41) is 6.90. The molecule has 1 heterocycles. The first-order chi connectivity index (χ1) is 14.1. The number of benzene rings is 2. The van der Waals surface area contributed by atoms with Crippen LogP contribution in [0.1, 0.15) is 24.0 Å². The minimum atomic E-state index is -0.649. The van der Waals surface area contributed by atoms with E-state index in [1.807, 2.05) is 61.7 Å². The number of carbonyl (C=O) groups is 2. The zero-order valence-electron chi connectivity index (χ0n) is 16.4. The molecule has 6 heteroatoms. The molecule has 1 atom stereocenters. The number of aromatic amines is 1. The Morgan fingerprint density at radius 1 is 1.14 bits per heavy atom. The van der Waals surface area contributed by atoms with E-state index in [2.05, 4.69) is 15.6 Å². The molecule has 6 nitrogen and oxygen atoms in total. The molecule has 2 amide bonds. The molecule has 4 rings (SSSR count). The van der Waals surface area contributed by atoms with Gasteiger partial charge in [-0.3, -0.25) is 9.59 Å². The molecule has 1 fully saturated rings. The van der Waals surface area contributed by atoms with Gasteiger partial charge in [0.2, 0.25) is 5.91 Å². The number of aromatic nitrogens is 1. The van der Waals surface area contributed by atoms with E-state index in [4.69, 9.17) is 4.74 Å². The lowest BCUT2D eigenvalue weighted by molar-refractivity contribution is -0.130. The van der Waals surface area contributed by atoms with Gasteiger partial charge < -0.3 is 20.4 Å². The van der Waals surface area contributed by atoms with Gasteiger partial charge in [0, 0.05) is 29.6 Å². The maximum absolute atomic E-state index is 12.7. The Labute approximate surface area is 169 Å². The Bertz CT molecular complexity index is 1010. The standard InChI is InChI=1S/C23H25N3O3/c1-15-6-10-18(11-7-15)29-14-22(27)26-21(23(28)25-17-8-9-17)12-16-13-24-20-5-3-2-4-19(16)20/h2-7,10-11,13,17,21,24H,8-9,12,14H2,1H3,(H,25,28)(H,26,27)/t21-/m0/s1. The summed E-state index contributed by atoms with van der Waals surface area (Å²) in [6.45, 7) is 1.86. The molecule has 0 unspecified atom stereocenters. The van der Waals surface area contributed by atoms with E-state index in [1.165, 1.54) is 0 Å². The van der Waals surface area contributed by atoms with E-state index >= 15 is 0 Å². The van der Waals surface area contributed by atoms with Crippen LogP contribution in [-0.2, 0) is 16.0 Å². The van der Waals surface area contributed by atoms with E-state index in [0.717, 1.165) is 34.9 Å².